The molecule has 0 aliphatic carbocycles. The van der Waals surface area contributed by atoms with Crippen LogP contribution in [0.15, 0.2) is 12.1 Å². The third-order valence-corrected chi connectivity index (χ3v) is 4.58. The number of piperazine rings is 1. The Kier molecular flexibility index (Phi) is 5.99. The fourth-order valence-corrected chi connectivity index (χ4v) is 2.96. The highest BCUT2D eigenvalue weighted by atomic mass is 35.5. The van der Waals surface area contributed by atoms with Crippen LogP contribution in [0.2, 0.25) is 5.02 Å². The molecule has 0 saturated carbocycles. The van der Waals surface area contributed by atoms with Crippen molar-refractivity contribution in [1.82, 2.24) is 4.90 Å². The predicted molar refractivity (Wildman–Crippen MR) is 101 cm³/mol. The molecule has 1 aromatic carbocycles. The largest absolute Gasteiger partial charge is 0.444 e. The number of carbonyl (C=O) groups is 2. The lowest BCUT2D eigenvalue weighted by Gasteiger charge is -2.37. The number of rotatable bonds is 3. The van der Waals surface area contributed by atoms with Crippen molar-refractivity contribution >= 4 is 29.2 Å². The number of aryl methyl sites for hydroxylation is 1. The number of benzene rings is 1. The van der Waals surface area contributed by atoms with Crippen molar-refractivity contribution in [3.63, 3.8) is 0 Å². The van der Waals surface area contributed by atoms with Crippen LogP contribution in [0.5, 0.6) is 0 Å². The molecule has 1 aliphatic heterocycles. The van der Waals surface area contributed by atoms with Gasteiger partial charge >= 0.3 is 6.09 Å². The molecule has 0 spiro atoms. The first-order chi connectivity index (χ1) is 11.6. The van der Waals surface area contributed by atoms with Crippen molar-refractivity contribution in [2.45, 2.75) is 46.6 Å². The molecule has 138 valence electrons. The van der Waals surface area contributed by atoms with Crippen LogP contribution in [0.25, 0.3) is 0 Å². The first-order valence-corrected chi connectivity index (χ1v) is 9.06. The van der Waals surface area contributed by atoms with Gasteiger partial charge < -0.3 is 14.5 Å². The molecule has 1 aromatic rings. The number of hydrogen-bond donors (Lipinski definition) is 0. The minimum Gasteiger partial charge on any atom is -0.444 e. The Balaban J connectivity index is 2.14. The number of Topliss-reactive ketones (excluding diaryl/α,β-unsaturated/α-hetero) is 1. The van der Waals surface area contributed by atoms with Crippen LogP contribution in [0, 0.1) is 6.92 Å². The predicted octanol–water partition coefficient (Wildman–Crippen LogP) is 4.30. The topological polar surface area (TPSA) is 49.9 Å². The van der Waals surface area contributed by atoms with E-state index in [1.165, 1.54) is 0 Å². The van der Waals surface area contributed by atoms with Gasteiger partial charge in [0.05, 0.1) is 0 Å². The highest BCUT2D eigenvalue weighted by Gasteiger charge is 2.27. The fraction of sp³-hybridized carbons (Fsp3) is 0.579. The Labute approximate surface area is 154 Å². The Morgan fingerprint density at radius 3 is 2.28 bits per heavy atom. The number of ketones is 1. The Morgan fingerprint density at radius 2 is 1.76 bits per heavy atom. The molecule has 0 unspecified atom stereocenters. The molecule has 1 fully saturated rings. The van der Waals surface area contributed by atoms with E-state index < -0.39 is 5.60 Å². The summed E-state index contributed by atoms with van der Waals surface area (Å²) in [5.41, 5.74) is 1.95. The zero-order chi connectivity index (χ0) is 18.8. The van der Waals surface area contributed by atoms with Gasteiger partial charge in [-0.05, 0) is 45.4 Å². The van der Waals surface area contributed by atoms with E-state index >= 15 is 0 Å². The number of anilines is 1. The molecule has 0 radical (unpaired) electrons. The zero-order valence-electron chi connectivity index (χ0n) is 15.7. The summed E-state index contributed by atoms with van der Waals surface area (Å²) >= 11 is 6.28. The number of ether oxygens (including phenoxy) is 1. The van der Waals surface area contributed by atoms with E-state index in [0.29, 0.717) is 43.2 Å². The van der Waals surface area contributed by atoms with Crippen LogP contribution in [0.3, 0.4) is 0 Å². The van der Waals surface area contributed by atoms with Crippen molar-refractivity contribution in [2.75, 3.05) is 31.1 Å². The Hall–Kier alpha value is -1.75. The minimum absolute atomic E-state index is 0.101. The first kappa shape index (κ1) is 19.6. The summed E-state index contributed by atoms with van der Waals surface area (Å²) in [7, 11) is 0. The third-order valence-electron chi connectivity index (χ3n) is 4.17. The van der Waals surface area contributed by atoms with Gasteiger partial charge in [-0.3, -0.25) is 4.79 Å². The molecule has 5 nitrogen and oxygen atoms in total. The molecular weight excluding hydrogens is 340 g/mol. The smallest absolute Gasteiger partial charge is 0.410 e. The van der Waals surface area contributed by atoms with E-state index in [2.05, 4.69) is 4.90 Å². The van der Waals surface area contributed by atoms with Crippen molar-refractivity contribution in [1.29, 1.82) is 0 Å². The molecule has 1 heterocycles. The van der Waals surface area contributed by atoms with E-state index in [0.717, 1.165) is 11.3 Å². The third kappa shape index (κ3) is 4.88. The summed E-state index contributed by atoms with van der Waals surface area (Å²) in [5, 5.41) is 0.650. The molecule has 1 amide bonds. The van der Waals surface area contributed by atoms with Crippen LogP contribution in [-0.4, -0.2) is 48.6 Å². The van der Waals surface area contributed by atoms with E-state index in [1.807, 2.05) is 46.8 Å². The van der Waals surface area contributed by atoms with E-state index in [4.69, 9.17) is 16.3 Å². The van der Waals surface area contributed by atoms with E-state index in [-0.39, 0.29) is 11.9 Å². The number of amides is 1. The highest BCUT2D eigenvalue weighted by Crippen LogP contribution is 2.30. The normalized spacial score (nSPS) is 15.3. The van der Waals surface area contributed by atoms with E-state index in [9.17, 15) is 9.59 Å². The lowest BCUT2D eigenvalue weighted by molar-refractivity contribution is 0.0240. The average molecular weight is 367 g/mol. The Morgan fingerprint density at radius 1 is 1.16 bits per heavy atom. The van der Waals surface area contributed by atoms with Crippen LogP contribution >= 0.6 is 11.6 Å². The SMILES string of the molecule is CCC(=O)c1cc(C)c(Cl)cc1N1CCN(C(=O)OC(C)(C)C)CC1. The molecule has 0 atom stereocenters. The van der Waals surface area contributed by atoms with E-state index in [1.54, 1.807) is 4.90 Å². The Bertz CT molecular complexity index is 659. The number of carbonyl (C=O) groups excluding carboxylic acids is 2. The summed E-state index contributed by atoms with van der Waals surface area (Å²) in [5.74, 6) is 0.101. The van der Waals surface area contributed by atoms with Crippen LogP contribution in [0.1, 0.15) is 50.0 Å². The molecule has 25 heavy (non-hydrogen) atoms. The average Bonchev–Trinajstić information content (AvgIpc) is 2.54. The quantitative estimate of drug-likeness (QED) is 0.748. The number of halogens is 1. The monoisotopic (exact) mass is 366 g/mol. The number of nitrogens with zero attached hydrogens (tertiary/aromatic N) is 2. The van der Waals surface area contributed by atoms with Gasteiger partial charge in [0, 0.05) is 48.9 Å². The molecule has 0 aromatic heterocycles. The lowest BCUT2D eigenvalue weighted by Crippen LogP contribution is -2.50. The van der Waals surface area contributed by atoms with Crippen molar-refractivity contribution in [3.05, 3.63) is 28.3 Å². The van der Waals surface area contributed by atoms with Crippen molar-refractivity contribution in [2.24, 2.45) is 0 Å². The van der Waals surface area contributed by atoms with Gasteiger partial charge in [0.2, 0.25) is 0 Å². The zero-order valence-corrected chi connectivity index (χ0v) is 16.4. The molecule has 0 N–H and O–H groups in total. The van der Waals surface area contributed by atoms with Crippen molar-refractivity contribution in [3.8, 4) is 0 Å². The van der Waals surface area contributed by atoms with Gasteiger partial charge in [-0.1, -0.05) is 18.5 Å². The summed E-state index contributed by atoms with van der Waals surface area (Å²) in [6.45, 7) is 11.7. The highest BCUT2D eigenvalue weighted by molar-refractivity contribution is 6.32. The second-order valence-corrected chi connectivity index (χ2v) is 7.76. The molecule has 6 heteroatoms. The van der Waals surface area contributed by atoms with Gasteiger partial charge in [0.1, 0.15) is 5.60 Å². The summed E-state index contributed by atoms with van der Waals surface area (Å²) in [6, 6.07) is 3.73. The summed E-state index contributed by atoms with van der Waals surface area (Å²) < 4.78 is 5.43. The molecule has 1 saturated heterocycles. The second kappa shape index (κ2) is 7.65. The molecule has 0 bridgehead atoms. The second-order valence-electron chi connectivity index (χ2n) is 7.35. The van der Waals surface area contributed by atoms with Gasteiger partial charge in [0.25, 0.3) is 0 Å². The first-order valence-electron chi connectivity index (χ1n) is 8.68. The maximum Gasteiger partial charge on any atom is 0.410 e. The van der Waals surface area contributed by atoms with Gasteiger partial charge in [0.15, 0.2) is 5.78 Å². The molecule has 2 rings (SSSR count). The summed E-state index contributed by atoms with van der Waals surface area (Å²) in [6.07, 6.45) is 0.158. The maximum absolute atomic E-state index is 12.3. The molecular formula is C19H27ClN2O3. The summed E-state index contributed by atoms with van der Waals surface area (Å²) in [4.78, 5) is 28.3. The molecule has 1 aliphatic rings. The fourth-order valence-electron chi connectivity index (χ4n) is 2.80. The van der Waals surface area contributed by atoms with Gasteiger partial charge in [-0.15, -0.1) is 0 Å². The van der Waals surface area contributed by atoms with Gasteiger partial charge in [-0.2, -0.15) is 0 Å². The van der Waals surface area contributed by atoms with Crippen LogP contribution in [-0.2, 0) is 4.74 Å². The van der Waals surface area contributed by atoms with Crippen LogP contribution < -0.4 is 4.90 Å². The minimum atomic E-state index is -0.501. The van der Waals surface area contributed by atoms with Gasteiger partial charge in [-0.25, -0.2) is 4.79 Å². The van der Waals surface area contributed by atoms with Crippen LogP contribution in [0.4, 0.5) is 10.5 Å². The number of hydrogen-bond acceptors (Lipinski definition) is 4. The standard InChI is InChI=1S/C19H27ClN2O3/c1-6-17(23)14-11-13(2)15(20)12-16(14)21-7-9-22(10-8-21)18(24)25-19(3,4)5/h11-12H,6-10H2,1-5H3. The maximum atomic E-state index is 12.3. The van der Waals surface area contributed by atoms with Crippen molar-refractivity contribution < 1.29 is 14.3 Å². The lowest BCUT2D eigenvalue weighted by atomic mass is 10.0.